The summed E-state index contributed by atoms with van der Waals surface area (Å²) in [5.74, 6) is 0.133. The Hall–Kier alpha value is -3.26. The lowest BCUT2D eigenvalue weighted by Crippen LogP contribution is -2.34. The van der Waals surface area contributed by atoms with Gasteiger partial charge in [-0.25, -0.2) is 4.79 Å². The normalized spacial score (nSPS) is 14.3. The molecule has 1 fully saturated rings. The highest BCUT2D eigenvalue weighted by Crippen LogP contribution is 2.30. The van der Waals surface area contributed by atoms with E-state index in [1.807, 2.05) is 29.2 Å². The van der Waals surface area contributed by atoms with Crippen LogP contribution in [0.25, 0.3) is 11.1 Å². The predicted octanol–water partition coefficient (Wildman–Crippen LogP) is 7.13. The number of nitrogens with zero attached hydrogens (tertiary/aromatic N) is 3. The Morgan fingerprint density at radius 1 is 1.00 bits per heavy atom. The van der Waals surface area contributed by atoms with Crippen LogP contribution >= 0.6 is 23.2 Å². The van der Waals surface area contributed by atoms with Crippen molar-refractivity contribution in [3.05, 3.63) is 101 Å². The van der Waals surface area contributed by atoms with Crippen molar-refractivity contribution in [3.8, 4) is 17.2 Å². The molecule has 4 nitrogen and oxygen atoms in total. The minimum absolute atomic E-state index is 0.0488. The summed E-state index contributed by atoms with van der Waals surface area (Å²) >= 11 is 12.3. The molecule has 0 saturated carbocycles. The molecular formula is C27H23Cl2N3O. The van der Waals surface area contributed by atoms with Crippen LogP contribution in [-0.2, 0) is 0 Å². The summed E-state index contributed by atoms with van der Waals surface area (Å²) in [7, 11) is 0. The number of carbonyl (C=O) groups is 1. The maximum absolute atomic E-state index is 13.1. The SMILES string of the molecule is C=CCC(CN1CCN(c2cc(Cl)cc(Cl)c2)C1=O)c1ccc(-c2cccc(C#N)c2)cc1. The number of hydrogen-bond acceptors (Lipinski definition) is 2. The summed E-state index contributed by atoms with van der Waals surface area (Å²) in [4.78, 5) is 16.7. The number of nitriles is 1. The molecule has 0 spiro atoms. The van der Waals surface area contributed by atoms with E-state index >= 15 is 0 Å². The zero-order valence-electron chi connectivity index (χ0n) is 18.0. The molecular weight excluding hydrogens is 453 g/mol. The Balaban J connectivity index is 1.50. The largest absolute Gasteiger partial charge is 0.324 e. The van der Waals surface area contributed by atoms with E-state index in [4.69, 9.17) is 28.5 Å². The first-order chi connectivity index (χ1) is 16.0. The highest BCUT2D eigenvalue weighted by molar-refractivity contribution is 6.35. The lowest BCUT2D eigenvalue weighted by Gasteiger charge is -2.24. The molecule has 2 amide bonds. The fourth-order valence-corrected chi connectivity index (χ4v) is 4.70. The first-order valence-electron chi connectivity index (χ1n) is 10.7. The number of allylic oxidation sites excluding steroid dienone is 1. The summed E-state index contributed by atoms with van der Waals surface area (Å²) in [5.41, 5.74) is 4.55. The molecule has 1 heterocycles. The van der Waals surface area contributed by atoms with Gasteiger partial charge in [-0.2, -0.15) is 5.26 Å². The number of anilines is 1. The van der Waals surface area contributed by atoms with Gasteiger partial charge in [-0.1, -0.05) is 65.7 Å². The van der Waals surface area contributed by atoms with Gasteiger partial charge in [0.2, 0.25) is 0 Å². The molecule has 33 heavy (non-hydrogen) atoms. The van der Waals surface area contributed by atoms with E-state index < -0.39 is 0 Å². The van der Waals surface area contributed by atoms with Crippen LogP contribution in [-0.4, -0.2) is 30.6 Å². The third-order valence-electron chi connectivity index (χ3n) is 5.85. The van der Waals surface area contributed by atoms with Crippen LogP contribution in [0.1, 0.15) is 23.5 Å². The topological polar surface area (TPSA) is 47.3 Å². The number of hydrogen-bond donors (Lipinski definition) is 0. The first-order valence-corrected chi connectivity index (χ1v) is 11.5. The Morgan fingerprint density at radius 3 is 2.39 bits per heavy atom. The average molecular weight is 476 g/mol. The second-order valence-corrected chi connectivity index (χ2v) is 8.92. The second kappa shape index (κ2) is 10.1. The van der Waals surface area contributed by atoms with Gasteiger partial charge in [0, 0.05) is 41.3 Å². The van der Waals surface area contributed by atoms with Crippen molar-refractivity contribution in [2.75, 3.05) is 24.5 Å². The number of rotatable bonds is 7. The molecule has 0 aromatic heterocycles. The van der Waals surface area contributed by atoms with E-state index in [-0.39, 0.29) is 11.9 Å². The van der Waals surface area contributed by atoms with Gasteiger partial charge in [0.1, 0.15) is 0 Å². The van der Waals surface area contributed by atoms with Crippen LogP contribution in [0, 0.1) is 11.3 Å². The summed E-state index contributed by atoms with van der Waals surface area (Å²) in [6, 6.07) is 23.2. The van der Waals surface area contributed by atoms with Crippen molar-refractivity contribution in [2.24, 2.45) is 0 Å². The molecule has 3 aromatic rings. The quantitative estimate of drug-likeness (QED) is 0.341. The van der Waals surface area contributed by atoms with E-state index in [2.05, 4.69) is 36.9 Å². The van der Waals surface area contributed by atoms with Crippen LogP contribution in [0.15, 0.2) is 79.4 Å². The van der Waals surface area contributed by atoms with Crippen LogP contribution in [0.5, 0.6) is 0 Å². The molecule has 0 bridgehead atoms. The summed E-state index contributed by atoms with van der Waals surface area (Å²) < 4.78 is 0. The van der Waals surface area contributed by atoms with Crippen LogP contribution in [0.2, 0.25) is 10.0 Å². The van der Waals surface area contributed by atoms with Crippen molar-refractivity contribution in [1.29, 1.82) is 5.26 Å². The lowest BCUT2D eigenvalue weighted by atomic mass is 9.93. The van der Waals surface area contributed by atoms with Gasteiger partial charge < -0.3 is 4.90 Å². The molecule has 1 saturated heterocycles. The van der Waals surface area contributed by atoms with Crippen molar-refractivity contribution in [3.63, 3.8) is 0 Å². The van der Waals surface area contributed by atoms with Crippen molar-refractivity contribution < 1.29 is 4.79 Å². The van der Waals surface area contributed by atoms with E-state index in [1.54, 1.807) is 29.2 Å². The third kappa shape index (κ3) is 5.22. The maximum atomic E-state index is 13.1. The molecule has 1 aliphatic rings. The second-order valence-electron chi connectivity index (χ2n) is 8.04. The smallest absolute Gasteiger partial charge is 0.322 e. The molecule has 0 aliphatic carbocycles. The summed E-state index contributed by atoms with van der Waals surface area (Å²) in [6.45, 7) is 5.73. The fraction of sp³-hybridized carbons (Fsp3) is 0.185. The number of benzene rings is 3. The number of carbonyl (C=O) groups excluding carboxylic acids is 1. The molecule has 6 heteroatoms. The van der Waals surface area contributed by atoms with Gasteiger partial charge in [-0.15, -0.1) is 6.58 Å². The zero-order chi connectivity index (χ0) is 23.4. The van der Waals surface area contributed by atoms with Crippen LogP contribution < -0.4 is 4.90 Å². The predicted molar refractivity (Wildman–Crippen MR) is 135 cm³/mol. The Bertz CT molecular complexity index is 1200. The Kier molecular flexibility index (Phi) is 7.03. The average Bonchev–Trinajstić information content (AvgIpc) is 3.18. The standard InChI is InChI=1S/C27H23Cl2N3O/c1-2-4-23(21-9-7-20(8-10-21)22-6-3-5-19(13-22)17-30)18-31-11-12-32(27(31)33)26-15-24(28)14-25(29)16-26/h2-3,5-10,13-16,23H,1,4,11-12,18H2. The van der Waals surface area contributed by atoms with Crippen molar-refractivity contribution >= 4 is 34.9 Å². The summed E-state index contributed by atoms with van der Waals surface area (Å²) in [5, 5.41) is 10.2. The number of amides is 2. The highest BCUT2D eigenvalue weighted by Gasteiger charge is 2.31. The van der Waals surface area contributed by atoms with Gasteiger partial charge in [0.05, 0.1) is 11.6 Å². The molecule has 1 unspecified atom stereocenters. The third-order valence-corrected chi connectivity index (χ3v) is 6.29. The minimum atomic E-state index is -0.0488. The van der Waals surface area contributed by atoms with Crippen LogP contribution in [0.3, 0.4) is 0 Å². The van der Waals surface area contributed by atoms with Crippen LogP contribution in [0.4, 0.5) is 10.5 Å². The maximum Gasteiger partial charge on any atom is 0.324 e. The molecule has 166 valence electrons. The van der Waals surface area contributed by atoms with Gasteiger partial charge >= 0.3 is 6.03 Å². The zero-order valence-corrected chi connectivity index (χ0v) is 19.6. The monoisotopic (exact) mass is 475 g/mol. The van der Waals surface area contributed by atoms with E-state index in [1.165, 1.54) is 0 Å². The Morgan fingerprint density at radius 2 is 1.73 bits per heavy atom. The summed E-state index contributed by atoms with van der Waals surface area (Å²) in [6.07, 6.45) is 2.65. The van der Waals surface area contributed by atoms with Crippen molar-refractivity contribution in [2.45, 2.75) is 12.3 Å². The minimum Gasteiger partial charge on any atom is -0.322 e. The first kappa shape index (κ1) is 22.9. The van der Waals surface area contributed by atoms with Gasteiger partial charge in [0.25, 0.3) is 0 Å². The molecule has 1 aliphatic heterocycles. The molecule has 0 N–H and O–H groups in total. The van der Waals surface area contributed by atoms with Crippen molar-refractivity contribution in [1.82, 2.24) is 4.90 Å². The molecule has 3 aromatic carbocycles. The lowest BCUT2D eigenvalue weighted by molar-refractivity contribution is 0.217. The molecule has 1 atom stereocenters. The van der Waals surface area contributed by atoms with Gasteiger partial charge in [0.15, 0.2) is 0 Å². The Labute approximate surface area is 204 Å². The molecule has 4 rings (SSSR count). The number of urea groups is 1. The van der Waals surface area contributed by atoms with Gasteiger partial charge in [-0.3, -0.25) is 4.90 Å². The highest BCUT2D eigenvalue weighted by atomic mass is 35.5. The van der Waals surface area contributed by atoms with Gasteiger partial charge in [-0.05, 0) is 53.4 Å². The van der Waals surface area contributed by atoms with E-state index in [9.17, 15) is 4.79 Å². The number of halogens is 2. The fourth-order valence-electron chi connectivity index (χ4n) is 4.19. The molecule has 0 radical (unpaired) electrons. The van der Waals surface area contributed by atoms with E-state index in [0.717, 1.165) is 23.1 Å². The van der Waals surface area contributed by atoms with E-state index in [0.29, 0.717) is 40.9 Å².